The molecule has 5 rings (SSSR count). The largest absolute Gasteiger partial charge is 0.480 e. The van der Waals surface area contributed by atoms with Crippen molar-refractivity contribution in [3.8, 4) is 17.1 Å². The molecule has 1 aromatic carbocycles. The van der Waals surface area contributed by atoms with E-state index in [1.54, 1.807) is 22.9 Å². The van der Waals surface area contributed by atoms with E-state index in [1.807, 2.05) is 13.8 Å². The highest BCUT2D eigenvalue weighted by Crippen LogP contribution is 2.30. The van der Waals surface area contributed by atoms with Crippen LogP contribution < -0.4 is 20.3 Å². The number of fused-ring (bicyclic) bond motifs is 1. The fourth-order valence-electron chi connectivity index (χ4n) is 5.33. The number of pyridine rings is 1. The minimum Gasteiger partial charge on any atom is -0.480 e. The van der Waals surface area contributed by atoms with Crippen molar-refractivity contribution < 1.29 is 13.2 Å². The van der Waals surface area contributed by atoms with E-state index in [1.165, 1.54) is 31.4 Å². The molecule has 0 atom stereocenters. The summed E-state index contributed by atoms with van der Waals surface area (Å²) in [7, 11) is 1.58. The fourth-order valence-corrected chi connectivity index (χ4v) is 6.85. The van der Waals surface area contributed by atoms with Gasteiger partial charge in [-0.3, -0.25) is 14.1 Å². The molecule has 1 fully saturated rings. The molecule has 0 bridgehead atoms. The summed E-state index contributed by atoms with van der Waals surface area (Å²) in [5.41, 5.74) is 0.833. The Kier molecular flexibility index (Phi) is 8.86. The lowest BCUT2D eigenvalue weighted by atomic mass is 9.91. The Morgan fingerprint density at radius 1 is 1.05 bits per heavy atom. The van der Waals surface area contributed by atoms with Crippen molar-refractivity contribution in [2.24, 2.45) is 0 Å². The van der Waals surface area contributed by atoms with Gasteiger partial charge in [0.1, 0.15) is 21.9 Å². The monoisotopic (exact) mass is 626 g/mol. The third-order valence-electron chi connectivity index (χ3n) is 7.58. The summed E-state index contributed by atoms with van der Waals surface area (Å²) < 4.78 is 35.3. The van der Waals surface area contributed by atoms with Crippen LogP contribution in [0.5, 0.6) is 5.88 Å². The number of ether oxygens (including phenoxy) is 1. The molecule has 2 N–H and O–H groups in total. The standard InChI is InChI=1S/C29H35ClN8O4S/c1-17(2)38-26-22(16-31-29(35-26)32-18-10-12-19(13-11-18)37(3)4)33-25(28(38)39)20-14-15-24(34-27(20)42-5)36-43(40,41)23-9-7-6-8-21(23)30/h6-9,14-19H,10-13H2,1-5H3,(H,34,36)(H,31,32,35)/t18-,19-. The Labute approximate surface area is 255 Å². The van der Waals surface area contributed by atoms with Gasteiger partial charge in [-0.2, -0.15) is 9.97 Å². The molecular weight excluding hydrogens is 592 g/mol. The summed E-state index contributed by atoms with van der Waals surface area (Å²) in [5.74, 6) is 0.467. The first-order valence-electron chi connectivity index (χ1n) is 14.0. The summed E-state index contributed by atoms with van der Waals surface area (Å²) >= 11 is 6.09. The maximum absolute atomic E-state index is 13.8. The van der Waals surface area contributed by atoms with Gasteiger partial charge in [-0.05, 0) is 77.9 Å². The Balaban J connectivity index is 1.48. The van der Waals surface area contributed by atoms with Gasteiger partial charge >= 0.3 is 0 Å². The normalized spacial score (nSPS) is 17.4. The lowest BCUT2D eigenvalue weighted by molar-refractivity contribution is 0.221. The van der Waals surface area contributed by atoms with Gasteiger partial charge in [-0.1, -0.05) is 23.7 Å². The SMILES string of the molecule is COc1nc(NS(=O)(=O)c2ccccc2Cl)ccc1-c1nc2cnc(N[C@H]3CC[C@H](N(C)C)CC3)nc2n(C(C)C)c1=O. The number of aromatic nitrogens is 5. The maximum atomic E-state index is 13.8. The van der Waals surface area contributed by atoms with Gasteiger partial charge in [0.2, 0.25) is 11.8 Å². The van der Waals surface area contributed by atoms with E-state index in [2.05, 4.69) is 44.0 Å². The lowest BCUT2D eigenvalue weighted by Crippen LogP contribution is -2.36. The van der Waals surface area contributed by atoms with E-state index in [0.717, 1.165) is 25.7 Å². The van der Waals surface area contributed by atoms with Crippen molar-refractivity contribution in [1.29, 1.82) is 0 Å². The topological polar surface area (TPSA) is 144 Å². The van der Waals surface area contributed by atoms with E-state index >= 15 is 0 Å². The van der Waals surface area contributed by atoms with Crippen LogP contribution in [0.1, 0.15) is 45.6 Å². The van der Waals surface area contributed by atoms with Gasteiger partial charge in [0.05, 0.1) is 23.9 Å². The molecule has 4 aromatic rings. The first-order valence-corrected chi connectivity index (χ1v) is 15.9. The van der Waals surface area contributed by atoms with Crippen molar-refractivity contribution in [3.05, 3.63) is 58.0 Å². The number of nitrogens with zero attached hydrogens (tertiary/aromatic N) is 6. The zero-order valence-corrected chi connectivity index (χ0v) is 26.3. The predicted molar refractivity (Wildman–Crippen MR) is 167 cm³/mol. The van der Waals surface area contributed by atoms with Crippen LogP contribution in [0.4, 0.5) is 11.8 Å². The summed E-state index contributed by atoms with van der Waals surface area (Å²) in [6.45, 7) is 3.79. The van der Waals surface area contributed by atoms with Crippen LogP contribution in [0.3, 0.4) is 0 Å². The molecule has 0 spiro atoms. The van der Waals surface area contributed by atoms with Gasteiger partial charge in [0.25, 0.3) is 15.6 Å². The molecule has 3 heterocycles. The molecule has 228 valence electrons. The van der Waals surface area contributed by atoms with Crippen molar-refractivity contribution in [1.82, 2.24) is 29.4 Å². The van der Waals surface area contributed by atoms with Crippen LogP contribution >= 0.6 is 11.6 Å². The molecule has 0 aliphatic heterocycles. The van der Waals surface area contributed by atoms with Crippen molar-refractivity contribution in [2.75, 3.05) is 31.2 Å². The summed E-state index contributed by atoms with van der Waals surface area (Å²) in [4.78, 5) is 34.1. The number of halogens is 1. The molecule has 12 nitrogen and oxygen atoms in total. The molecule has 14 heteroatoms. The predicted octanol–water partition coefficient (Wildman–Crippen LogP) is 4.58. The number of hydrogen-bond donors (Lipinski definition) is 2. The molecule has 0 amide bonds. The van der Waals surface area contributed by atoms with Crippen LogP contribution in [0.25, 0.3) is 22.4 Å². The van der Waals surface area contributed by atoms with Crippen LogP contribution in [0.15, 0.2) is 52.3 Å². The highest BCUT2D eigenvalue weighted by Gasteiger charge is 2.25. The summed E-state index contributed by atoms with van der Waals surface area (Å²) in [6.07, 6.45) is 5.81. The van der Waals surface area contributed by atoms with Crippen molar-refractivity contribution in [3.63, 3.8) is 0 Å². The molecule has 1 saturated carbocycles. The Morgan fingerprint density at radius 2 is 1.77 bits per heavy atom. The van der Waals surface area contributed by atoms with Crippen molar-refractivity contribution >= 4 is 44.6 Å². The number of nitrogens with one attached hydrogen (secondary N) is 2. The number of hydrogen-bond acceptors (Lipinski definition) is 10. The molecule has 0 saturated heterocycles. The minimum absolute atomic E-state index is 0.0100. The van der Waals surface area contributed by atoms with E-state index in [0.29, 0.717) is 28.7 Å². The fraction of sp³-hybridized carbons (Fsp3) is 0.414. The Bertz CT molecular complexity index is 1800. The van der Waals surface area contributed by atoms with Crippen LogP contribution in [-0.4, -0.2) is 71.1 Å². The number of benzene rings is 1. The quantitative estimate of drug-likeness (QED) is 0.271. The molecule has 43 heavy (non-hydrogen) atoms. The molecule has 0 unspecified atom stereocenters. The van der Waals surface area contributed by atoms with Crippen LogP contribution in [0.2, 0.25) is 5.02 Å². The van der Waals surface area contributed by atoms with E-state index < -0.39 is 10.0 Å². The zero-order chi connectivity index (χ0) is 30.9. The first kappa shape index (κ1) is 30.6. The smallest absolute Gasteiger partial charge is 0.279 e. The average molecular weight is 627 g/mol. The van der Waals surface area contributed by atoms with Gasteiger partial charge in [-0.15, -0.1) is 0 Å². The second-order valence-corrected chi connectivity index (χ2v) is 13.1. The second kappa shape index (κ2) is 12.4. The highest BCUT2D eigenvalue weighted by molar-refractivity contribution is 7.92. The van der Waals surface area contributed by atoms with E-state index in [9.17, 15) is 13.2 Å². The number of sulfonamides is 1. The van der Waals surface area contributed by atoms with E-state index in [4.69, 9.17) is 21.3 Å². The highest BCUT2D eigenvalue weighted by atomic mass is 35.5. The summed E-state index contributed by atoms with van der Waals surface area (Å²) in [6, 6.07) is 9.65. The third kappa shape index (κ3) is 6.43. The molecular formula is C29H35ClN8O4S. The lowest BCUT2D eigenvalue weighted by Gasteiger charge is -2.32. The molecule has 1 aliphatic rings. The van der Waals surface area contributed by atoms with Crippen molar-refractivity contribution in [2.45, 2.75) is 62.6 Å². The zero-order valence-electron chi connectivity index (χ0n) is 24.7. The number of rotatable bonds is 9. The minimum atomic E-state index is -4.03. The molecule has 1 aliphatic carbocycles. The summed E-state index contributed by atoms with van der Waals surface area (Å²) in [5, 5.41) is 3.52. The van der Waals surface area contributed by atoms with Gasteiger partial charge < -0.3 is 15.0 Å². The van der Waals surface area contributed by atoms with E-state index in [-0.39, 0.29) is 45.0 Å². The van der Waals surface area contributed by atoms with Crippen LogP contribution in [0, 0.1) is 0 Å². The molecule has 3 aromatic heterocycles. The third-order valence-corrected chi connectivity index (χ3v) is 9.44. The number of anilines is 2. The average Bonchev–Trinajstić information content (AvgIpc) is 2.97. The van der Waals surface area contributed by atoms with Gasteiger partial charge in [0, 0.05) is 18.1 Å². The van der Waals surface area contributed by atoms with Crippen LogP contribution in [-0.2, 0) is 10.0 Å². The maximum Gasteiger partial charge on any atom is 0.279 e. The Morgan fingerprint density at radius 3 is 2.42 bits per heavy atom. The van der Waals surface area contributed by atoms with Gasteiger partial charge in [-0.25, -0.2) is 18.4 Å². The number of methoxy groups -OCH3 is 1. The second-order valence-electron chi connectivity index (χ2n) is 11.0. The van der Waals surface area contributed by atoms with Gasteiger partial charge in [0.15, 0.2) is 5.65 Å². The Hall–Kier alpha value is -3.81. The first-order chi connectivity index (χ1) is 20.5. The molecule has 0 radical (unpaired) electrons.